The molecule has 4 nitrogen and oxygen atoms in total. The number of hydrogen-bond acceptors (Lipinski definition) is 5. The smallest absolute Gasteiger partial charge is 0.225 e. The van der Waals surface area contributed by atoms with Crippen LogP contribution in [0.4, 0.5) is 4.39 Å². The lowest BCUT2D eigenvalue weighted by Crippen LogP contribution is -2.06. The Morgan fingerprint density at radius 1 is 1.00 bits per heavy atom. The number of rotatable bonds is 8. The summed E-state index contributed by atoms with van der Waals surface area (Å²) in [4.78, 5) is 9.50. The van der Waals surface area contributed by atoms with Crippen molar-refractivity contribution in [1.29, 1.82) is 0 Å². The Hall–Kier alpha value is -2.99. The maximum absolute atomic E-state index is 13.3. The molecule has 2 aromatic heterocycles. The summed E-state index contributed by atoms with van der Waals surface area (Å²) in [5.74, 6) is 1.17. The van der Waals surface area contributed by atoms with Crippen LogP contribution in [0.15, 0.2) is 60.2 Å². The number of aromatic nitrogens is 2. The molecule has 0 aliphatic rings. The molecule has 0 N–H and O–H groups in total. The van der Waals surface area contributed by atoms with Crippen molar-refractivity contribution >= 4 is 21.6 Å². The Morgan fingerprint density at radius 2 is 1.83 bits per heavy atom. The number of benzene rings is 2. The Kier molecular flexibility index (Phi) is 6.00. The molecule has 0 saturated heterocycles. The first kappa shape index (κ1) is 19.3. The topological polar surface area (TPSA) is 44.2 Å². The molecule has 2 heterocycles. The quantitative estimate of drug-likeness (QED) is 0.340. The van der Waals surface area contributed by atoms with E-state index in [0.29, 0.717) is 19.1 Å². The van der Waals surface area contributed by atoms with Gasteiger partial charge in [0.25, 0.3) is 0 Å². The summed E-state index contributed by atoms with van der Waals surface area (Å²) >= 11 is 1.52. The minimum absolute atomic E-state index is 0.259. The summed E-state index contributed by atoms with van der Waals surface area (Å²) in [7, 11) is 0. The van der Waals surface area contributed by atoms with Crippen LogP contribution in [0.5, 0.6) is 11.6 Å². The van der Waals surface area contributed by atoms with Crippen LogP contribution in [0.1, 0.15) is 18.9 Å². The normalized spacial score (nSPS) is 11.0. The van der Waals surface area contributed by atoms with Crippen LogP contribution in [0.25, 0.3) is 21.3 Å². The van der Waals surface area contributed by atoms with Crippen molar-refractivity contribution in [2.45, 2.75) is 19.8 Å². The molecule has 0 aliphatic carbocycles. The molecule has 4 aromatic rings. The van der Waals surface area contributed by atoms with Crippen LogP contribution in [-0.4, -0.2) is 23.2 Å². The number of aryl methyl sites for hydroxylation is 1. The molecule has 0 aliphatic heterocycles. The van der Waals surface area contributed by atoms with Gasteiger partial charge in [-0.3, -0.25) is 0 Å². The van der Waals surface area contributed by atoms with Gasteiger partial charge in [-0.05, 0) is 41.8 Å². The Bertz CT molecular complexity index is 1100. The van der Waals surface area contributed by atoms with Gasteiger partial charge >= 0.3 is 0 Å². The molecular weight excluding hydrogens is 387 g/mol. The van der Waals surface area contributed by atoms with Crippen LogP contribution in [0, 0.1) is 5.82 Å². The van der Waals surface area contributed by atoms with Crippen LogP contribution in [0.2, 0.25) is 0 Å². The van der Waals surface area contributed by atoms with Gasteiger partial charge in [-0.2, -0.15) is 0 Å². The first-order valence-electron chi connectivity index (χ1n) is 9.57. The third kappa shape index (κ3) is 4.54. The highest BCUT2D eigenvalue weighted by molar-refractivity contribution is 7.17. The van der Waals surface area contributed by atoms with Gasteiger partial charge in [0, 0.05) is 17.4 Å². The molecule has 0 atom stereocenters. The average Bonchev–Trinajstić information content (AvgIpc) is 3.19. The third-order valence-corrected chi connectivity index (χ3v) is 5.48. The maximum Gasteiger partial charge on any atom is 0.225 e. The zero-order valence-corrected chi connectivity index (χ0v) is 16.9. The predicted molar refractivity (Wildman–Crippen MR) is 114 cm³/mol. The fraction of sp³-hybridized carbons (Fsp3) is 0.217. The SMILES string of the molecule is CCc1cccc(OCCCOc2ncnc3scc(-c4ccc(F)cc4)c23)c1. The Labute approximate surface area is 173 Å². The molecule has 0 radical (unpaired) electrons. The summed E-state index contributed by atoms with van der Waals surface area (Å²) in [6.07, 6.45) is 3.23. The maximum atomic E-state index is 13.3. The van der Waals surface area contributed by atoms with E-state index in [4.69, 9.17) is 9.47 Å². The van der Waals surface area contributed by atoms with E-state index in [9.17, 15) is 4.39 Å². The van der Waals surface area contributed by atoms with Gasteiger partial charge in [0.2, 0.25) is 5.88 Å². The van der Waals surface area contributed by atoms with Crippen LogP contribution < -0.4 is 9.47 Å². The largest absolute Gasteiger partial charge is 0.493 e. The molecule has 6 heteroatoms. The standard InChI is InChI=1S/C23H21FN2O2S/c1-2-16-5-3-6-19(13-16)27-11-4-12-28-22-21-20(14-29-23(21)26-15-25-22)17-7-9-18(24)10-8-17/h3,5-10,13-15H,2,4,11-12H2,1H3. The van der Waals surface area contributed by atoms with E-state index in [1.807, 2.05) is 17.5 Å². The number of hydrogen-bond donors (Lipinski definition) is 0. The highest BCUT2D eigenvalue weighted by Crippen LogP contribution is 2.37. The first-order chi connectivity index (χ1) is 14.2. The minimum atomic E-state index is -0.259. The van der Waals surface area contributed by atoms with Gasteiger partial charge in [-0.15, -0.1) is 11.3 Å². The molecule has 0 unspecified atom stereocenters. The second kappa shape index (κ2) is 9.01. The molecule has 4 rings (SSSR count). The van der Waals surface area contributed by atoms with Crippen molar-refractivity contribution in [3.63, 3.8) is 0 Å². The lowest BCUT2D eigenvalue weighted by atomic mass is 10.1. The molecule has 29 heavy (non-hydrogen) atoms. The lowest BCUT2D eigenvalue weighted by molar-refractivity contribution is 0.244. The van der Waals surface area contributed by atoms with E-state index in [-0.39, 0.29) is 5.82 Å². The number of thiophene rings is 1. The van der Waals surface area contributed by atoms with Crippen LogP contribution in [-0.2, 0) is 6.42 Å². The summed E-state index contributed by atoms with van der Waals surface area (Å²) in [6.45, 7) is 3.17. The van der Waals surface area contributed by atoms with Gasteiger partial charge in [-0.1, -0.05) is 31.2 Å². The van der Waals surface area contributed by atoms with Gasteiger partial charge in [0.15, 0.2) is 0 Å². The minimum Gasteiger partial charge on any atom is -0.493 e. The molecule has 0 saturated carbocycles. The molecule has 0 bridgehead atoms. The van der Waals surface area contributed by atoms with E-state index < -0.39 is 0 Å². The average molecular weight is 408 g/mol. The highest BCUT2D eigenvalue weighted by atomic mass is 32.1. The third-order valence-electron chi connectivity index (χ3n) is 4.59. The lowest BCUT2D eigenvalue weighted by Gasteiger charge is -2.09. The van der Waals surface area contributed by atoms with E-state index in [1.54, 1.807) is 12.1 Å². The van der Waals surface area contributed by atoms with Crippen molar-refractivity contribution in [2.24, 2.45) is 0 Å². The van der Waals surface area contributed by atoms with E-state index in [1.165, 1.54) is 35.4 Å². The second-order valence-corrected chi connectivity index (χ2v) is 7.42. The molecule has 0 amide bonds. The molecule has 148 valence electrons. The summed E-state index contributed by atoms with van der Waals surface area (Å²) < 4.78 is 25.0. The Balaban J connectivity index is 1.41. The number of halogens is 1. The van der Waals surface area contributed by atoms with Crippen molar-refractivity contribution in [1.82, 2.24) is 9.97 Å². The fourth-order valence-electron chi connectivity index (χ4n) is 3.07. The first-order valence-corrected chi connectivity index (χ1v) is 10.4. The highest BCUT2D eigenvalue weighted by Gasteiger charge is 2.14. The van der Waals surface area contributed by atoms with Crippen molar-refractivity contribution in [2.75, 3.05) is 13.2 Å². The molecule has 0 fully saturated rings. The number of ether oxygens (including phenoxy) is 2. The van der Waals surface area contributed by atoms with E-state index >= 15 is 0 Å². The van der Waals surface area contributed by atoms with E-state index in [0.717, 1.165) is 39.9 Å². The zero-order valence-electron chi connectivity index (χ0n) is 16.1. The van der Waals surface area contributed by atoms with Crippen LogP contribution in [0.3, 0.4) is 0 Å². The molecule has 0 spiro atoms. The molecule has 2 aromatic carbocycles. The fourth-order valence-corrected chi connectivity index (χ4v) is 3.98. The number of nitrogens with zero attached hydrogens (tertiary/aromatic N) is 2. The van der Waals surface area contributed by atoms with Crippen molar-refractivity contribution in [3.05, 3.63) is 71.6 Å². The summed E-state index contributed by atoms with van der Waals surface area (Å²) in [5, 5.41) is 2.86. The monoisotopic (exact) mass is 408 g/mol. The zero-order chi connectivity index (χ0) is 20.1. The Morgan fingerprint density at radius 3 is 2.66 bits per heavy atom. The second-order valence-electron chi connectivity index (χ2n) is 6.57. The predicted octanol–water partition coefficient (Wildman–Crippen LogP) is 5.91. The van der Waals surface area contributed by atoms with Gasteiger partial charge < -0.3 is 9.47 Å². The van der Waals surface area contributed by atoms with Gasteiger partial charge in [0.1, 0.15) is 22.7 Å². The van der Waals surface area contributed by atoms with Crippen LogP contribution >= 0.6 is 11.3 Å². The molecular formula is C23H21FN2O2S. The van der Waals surface area contributed by atoms with Crippen molar-refractivity contribution in [3.8, 4) is 22.8 Å². The number of fused-ring (bicyclic) bond motifs is 1. The van der Waals surface area contributed by atoms with E-state index in [2.05, 4.69) is 29.0 Å². The van der Waals surface area contributed by atoms with Gasteiger partial charge in [-0.25, -0.2) is 14.4 Å². The summed E-state index contributed by atoms with van der Waals surface area (Å²) in [5.41, 5.74) is 3.12. The van der Waals surface area contributed by atoms with Crippen molar-refractivity contribution < 1.29 is 13.9 Å². The van der Waals surface area contributed by atoms with Gasteiger partial charge in [0.05, 0.1) is 18.6 Å². The summed E-state index contributed by atoms with van der Waals surface area (Å²) in [6, 6.07) is 14.6.